The van der Waals surface area contributed by atoms with Crippen molar-refractivity contribution >= 4 is 37.5 Å². The fraction of sp³-hybridized carbons (Fsp3) is 0.391. The molecule has 1 aliphatic rings. The standard InChI is InChI=1S/C23H27N3O3S2/c27-22(24-14-6-9-23-25-20-7-2-3-8-21(20)30-23)17-18-10-12-19(13-11-18)31(28,29)26-15-4-1-5-16-26/h2-3,7-8,10-13H,1,4-6,9,14-17H2,(H,24,27). The highest BCUT2D eigenvalue weighted by molar-refractivity contribution is 7.89. The van der Waals surface area contributed by atoms with Crippen LogP contribution in [0.3, 0.4) is 0 Å². The first kappa shape index (κ1) is 21.9. The van der Waals surface area contributed by atoms with E-state index in [1.54, 1.807) is 39.9 Å². The van der Waals surface area contributed by atoms with Crippen LogP contribution in [0.2, 0.25) is 0 Å². The van der Waals surface area contributed by atoms with E-state index in [-0.39, 0.29) is 12.3 Å². The number of rotatable bonds is 8. The fourth-order valence-electron chi connectivity index (χ4n) is 3.78. The summed E-state index contributed by atoms with van der Waals surface area (Å²) in [6.45, 7) is 1.77. The number of hydrogen-bond donors (Lipinski definition) is 1. The number of fused-ring (bicyclic) bond motifs is 1. The largest absolute Gasteiger partial charge is 0.356 e. The number of nitrogens with zero attached hydrogens (tertiary/aromatic N) is 2. The second-order valence-corrected chi connectivity index (χ2v) is 10.9. The molecule has 0 atom stereocenters. The highest BCUT2D eigenvalue weighted by Crippen LogP contribution is 2.23. The van der Waals surface area contributed by atoms with Crippen molar-refractivity contribution in [1.82, 2.24) is 14.6 Å². The summed E-state index contributed by atoms with van der Waals surface area (Å²) in [6, 6.07) is 14.8. The van der Waals surface area contributed by atoms with E-state index >= 15 is 0 Å². The van der Waals surface area contributed by atoms with Crippen LogP contribution in [0.1, 0.15) is 36.3 Å². The Balaban J connectivity index is 1.24. The second kappa shape index (κ2) is 9.89. The van der Waals surface area contributed by atoms with Crippen molar-refractivity contribution in [3.8, 4) is 0 Å². The predicted octanol–water partition coefficient (Wildman–Crippen LogP) is 3.76. The Labute approximate surface area is 187 Å². The van der Waals surface area contributed by atoms with Crippen molar-refractivity contribution in [2.75, 3.05) is 19.6 Å². The summed E-state index contributed by atoms with van der Waals surface area (Å²) in [5.41, 5.74) is 1.83. The molecule has 1 aliphatic heterocycles. The number of nitrogens with one attached hydrogen (secondary N) is 1. The zero-order valence-corrected chi connectivity index (χ0v) is 19.1. The van der Waals surface area contributed by atoms with Crippen LogP contribution in [0, 0.1) is 0 Å². The van der Waals surface area contributed by atoms with Gasteiger partial charge in [0.25, 0.3) is 0 Å². The van der Waals surface area contributed by atoms with Gasteiger partial charge in [0.05, 0.1) is 26.5 Å². The maximum Gasteiger partial charge on any atom is 0.243 e. The number of sulfonamides is 1. The van der Waals surface area contributed by atoms with Gasteiger partial charge in [0, 0.05) is 26.1 Å². The highest BCUT2D eigenvalue weighted by atomic mass is 32.2. The van der Waals surface area contributed by atoms with Gasteiger partial charge in [-0.2, -0.15) is 4.31 Å². The number of hydrogen-bond acceptors (Lipinski definition) is 5. The summed E-state index contributed by atoms with van der Waals surface area (Å²) >= 11 is 1.70. The molecule has 164 valence electrons. The number of thiazole rings is 1. The molecule has 1 N–H and O–H groups in total. The first-order valence-electron chi connectivity index (χ1n) is 10.7. The van der Waals surface area contributed by atoms with Crippen molar-refractivity contribution in [3.05, 3.63) is 59.1 Å². The van der Waals surface area contributed by atoms with Gasteiger partial charge >= 0.3 is 0 Å². The van der Waals surface area contributed by atoms with Crippen molar-refractivity contribution in [2.24, 2.45) is 0 Å². The van der Waals surface area contributed by atoms with Gasteiger partial charge in [0.15, 0.2) is 0 Å². The molecule has 0 spiro atoms. The minimum Gasteiger partial charge on any atom is -0.356 e. The molecule has 4 rings (SSSR count). The van der Waals surface area contributed by atoms with E-state index in [1.807, 2.05) is 18.2 Å². The minimum atomic E-state index is -3.43. The van der Waals surface area contributed by atoms with Crippen LogP contribution in [-0.4, -0.2) is 43.2 Å². The number of para-hydroxylation sites is 1. The van der Waals surface area contributed by atoms with E-state index in [1.165, 1.54) is 4.70 Å². The van der Waals surface area contributed by atoms with E-state index in [4.69, 9.17) is 0 Å². The van der Waals surface area contributed by atoms with Gasteiger partial charge in [-0.25, -0.2) is 13.4 Å². The summed E-state index contributed by atoms with van der Waals surface area (Å²) in [6.07, 6.45) is 4.82. The molecule has 0 bridgehead atoms. The zero-order valence-electron chi connectivity index (χ0n) is 17.4. The van der Waals surface area contributed by atoms with E-state index < -0.39 is 10.0 Å². The van der Waals surface area contributed by atoms with Gasteiger partial charge in [-0.3, -0.25) is 4.79 Å². The number of carbonyl (C=O) groups excluding carboxylic acids is 1. The quantitative estimate of drug-likeness (QED) is 0.523. The average molecular weight is 458 g/mol. The molecule has 1 saturated heterocycles. The molecule has 1 amide bonds. The third-order valence-corrected chi connectivity index (χ3v) is 8.48. The van der Waals surface area contributed by atoms with Crippen LogP contribution >= 0.6 is 11.3 Å². The van der Waals surface area contributed by atoms with E-state index in [2.05, 4.69) is 16.4 Å². The third kappa shape index (κ3) is 5.50. The molecule has 6 nitrogen and oxygen atoms in total. The number of piperidine rings is 1. The van der Waals surface area contributed by atoms with Crippen molar-refractivity contribution in [2.45, 2.75) is 43.4 Å². The lowest BCUT2D eigenvalue weighted by molar-refractivity contribution is -0.120. The van der Waals surface area contributed by atoms with Crippen molar-refractivity contribution < 1.29 is 13.2 Å². The van der Waals surface area contributed by atoms with Crippen LogP contribution in [-0.2, 0) is 27.7 Å². The maximum absolute atomic E-state index is 12.7. The molecule has 1 fully saturated rings. The Hall–Kier alpha value is -2.29. The van der Waals surface area contributed by atoms with Crippen LogP contribution in [0.15, 0.2) is 53.4 Å². The molecule has 0 aliphatic carbocycles. The lowest BCUT2D eigenvalue weighted by Gasteiger charge is -2.25. The summed E-state index contributed by atoms with van der Waals surface area (Å²) in [5.74, 6) is -0.0593. The molecular weight excluding hydrogens is 430 g/mol. The van der Waals surface area contributed by atoms with E-state index in [9.17, 15) is 13.2 Å². The molecule has 0 radical (unpaired) electrons. The van der Waals surface area contributed by atoms with Crippen LogP contribution < -0.4 is 5.32 Å². The number of benzene rings is 2. The van der Waals surface area contributed by atoms with Crippen LogP contribution in [0.4, 0.5) is 0 Å². The highest BCUT2D eigenvalue weighted by Gasteiger charge is 2.25. The Kier molecular flexibility index (Phi) is 6.99. The lowest BCUT2D eigenvalue weighted by Crippen LogP contribution is -2.35. The molecular formula is C23H27N3O3S2. The first-order chi connectivity index (χ1) is 15.0. The van der Waals surface area contributed by atoms with Gasteiger partial charge in [-0.05, 0) is 49.1 Å². The average Bonchev–Trinajstić information content (AvgIpc) is 3.21. The van der Waals surface area contributed by atoms with Gasteiger partial charge < -0.3 is 5.32 Å². The predicted molar refractivity (Wildman–Crippen MR) is 124 cm³/mol. The van der Waals surface area contributed by atoms with E-state index in [0.29, 0.717) is 24.5 Å². The molecule has 1 aromatic heterocycles. The van der Waals surface area contributed by atoms with Gasteiger partial charge in [-0.15, -0.1) is 11.3 Å². The summed E-state index contributed by atoms with van der Waals surface area (Å²) in [7, 11) is -3.43. The molecule has 3 aromatic rings. The summed E-state index contributed by atoms with van der Waals surface area (Å²) in [5, 5.41) is 4.03. The van der Waals surface area contributed by atoms with Crippen LogP contribution in [0.25, 0.3) is 10.2 Å². The molecule has 0 saturated carbocycles. The summed E-state index contributed by atoms with van der Waals surface area (Å²) < 4.78 is 28.2. The van der Waals surface area contributed by atoms with Gasteiger partial charge in [0.2, 0.25) is 15.9 Å². The lowest BCUT2D eigenvalue weighted by atomic mass is 10.1. The van der Waals surface area contributed by atoms with Crippen LogP contribution in [0.5, 0.6) is 0 Å². The molecule has 2 aromatic carbocycles. The minimum absolute atomic E-state index is 0.0593. The van der Waals surface area contributed by atoms with Crippen molar-refractivity contribution in [1.29, 1.82) is 0 Å². The molecule has 0 unspecified atom stereocenters. The number of aromatic nitrogens is 1. The molecule has 2 heterocycles. The Morgan fingerprint density at radius 1 is 1.03 bits per heavy atom. The Bertz CT molecular complexity index is 1100. The molecule has 31 heavy (non-hydrogen) atoms. The Morgan fingerprint density at radius 3 is 2.52 bits per heavy atom. The maximum atomic E-state index is 12.7. The number of carbonyl (C=O) groups is 1. The second-order valence-electron chi connectivity index (χ2n) is 7.81. The molecule has 8 heteroatoms. The smallest absolute Gasteiger partial charge is 0.243 e. The fourth-order valence-corrected chi connectivity index (χ4v) is 6.30. The van der Waals surface area contributed by atoms with E-state index in [0.717, 1.165) is 48.2 Å². The third-order valence-electron chi connectivity index (χ3n) is 5.47. The number of amides is 1. The van der Waals surface area contributed by atoms with Gasteiger partial charge in [0.1, 0.15) is 0 Å². The number of aryl methyl sites for hydroxylation is 1. The monoisotopic (exact) mass is 457 g/mol. The first-order valence-corrected chi connectivity index (χ1v) is 13.0. The van der Waals surface area contributed by atoms with Crippen molar-refractivity contribution in [3.63, 3.8) is 0 Å². The Morgan fingerprint density at radius 2 is 1.77 bits per heavy atom. The SMILES string of the molecule is O=C(Cc1ccc(S(=O)(=O)N2CCCCC2)cc1)NCCCc1nc2ccccc2s1. The summed E-state index contributed by atoms with van der Waals surface area (Å²) in [4.78, 5) is 17.2. The zero-order chi connectivity index (χ0) is 21.7. The normalized spacial score (nSPS) is 15.2. The topological polar surface area (TPSA) is 79.4 Å². The van der Waals surface area contributed by atoms with Gasteiger partial charge in [-0.1, -0.05) is 30.7 Å².